The summed E-state index contributed by atoms with van der Waals surface area (Å²) in [6, 6.07) is 13.0. The SMILES string of the molecule is CC(=O)NCc1ccc(CNC2CCCc3ncccc32)cc1. The monoisotopic (exact) mass is 309 g/mol. The molecule has 1 aromatic carbocycles. The summed E-state index contributed by atoms with van der Waals surface area (Å²) in [6.07, 6.45) is 5.33. The Bertz CT molecular complexity index is 667. The number of aryl methyl sites for hydroxylation is 1. The molecule has 1 unspecified atom stereocenters. The Balaban J connectivity index is 1.58. The molecule has 0 bridgehead atoms. The summed E-state index contributed by atoms with van der Waals surface area (Å²) in [6.45, 7) is 2.97. The molecule has 0 saturated heterocycles. The number of fused-ring (bicyclic) bond motifs is 1. The Labute approximate surface area is 137 Å². The number of aromatic nitrogens is 1. The minimum absolute atomic E-state index is 0.000293. The van der Waals surface area contributed by atoms with E-state index in [0.717, 1.165) is 18.5 Å². The first kappa shape index (κ1) is 15.7. The first-order chi connectivity index (χ1) is 11.2. The van der Waals surface area contributed by atoms with Gasteiger partial charge in [-0.3, -0.25) is 9.78 Å². The molecule has 1 aliphatic rings. The number of nitrogens with one attached hydrogen (secondary N) is 2. The highest BCUT2D eigenvalue weighted by atomic mass is 16.1. The van der Waals surface area contributed by atoms with Crippen molar-refractivity contribution in [1.82, 2.24) is 15.6 Å². The van der Waals surface area contributed by atoms with Gasteiger partial charge in [-0.15, -0.1) is 0 Å². The number of carbonyl (C=O) groups is 1. The third kappa shape index (κ3) is 4.17. The predicted molar refractivity (Wildman–Crippen MR) is 90.7 cm³/mol. The van der Waals surface area contributed by atoms with Crippen LogP contribution in [0.25, 0.3) is 0 Å². The van der Waals surface area contributed by atoms with Crippen LogP contribution in [0.4, 0.5) is 0 Å². The van der Waals surface area contributed by atoms with Gasteiger partial charge in [-0.1, -0.05) is 30.3 Å². The van der Waals surface area contributed by atoms with Crippen LogP contribution >= 0.6 is 0 Å². The van der Waals surface area contributed by atoms with Gasteiger partial charge >= 0.3 is 0 Å². The third-order valence-corrected chi connectivity index (χ3v) is 4.32. The van der Waals surface area contributed by atoms with Crippen molar-refractivity contribution in [3.05, 3.63) is 65.0 Å². The second-order valence-electron chi connectivity index (χ2n) is 6.09. The van der Waals surface area contributed by atoms with Crippen molar-refractivity contribution in [3.63, 3.8) is 0 Å². The molecule has 1 atom stereocenters. The Kier molecular flexibility index (Phi) is 5.03. The minimum atomic E-state index is 0.000293. The van der Waals surface area contributed by atoms with E-state index in [-0.39, 0.29) is 5.91 Å². The summed E-state index contributed by atoms with van der Waals surface area (Å²) in [5.41, 5.74) is 4.96. The van der Waals surface area contributed by atoms with Crippen molar-refractivity contribution < 1.29 is 4.79 Å². The van der Waals surface area contributed by atoms with Gasteiger partial charge in [0.2, 0.25) is 5.91 Å². The smallest absolute Gasteiger partial charge is 0.217 e. The van der Waals surface area contributed by atoms with Crippen LogP contribution < -0.4 is 10.6 Å². The molecule has 1 heterocycles. The van der Waals surface area contributed by atoms with Crippen LogP contribution in [0.5, 0.6) is 0 Å². The second kappa shape index (κ2) is 7.38. The summed E-state index contributed by atoms with van der Waals surface area (Å²) in [5, 5.41) is 6.47. The molecule has 23 heavy (non-hydrogen) atoms. The number of hydrogen-bond donors (Lipinski definition) is 2. The molecule has 0 fully saturated rings. The van der Waals surface area contributed by atoms with Crippen LogP contribution in [-0.2, 0) is 24.3 Å². The third-order valence-electron chi connectivity index (χ3n) is 4.32. The molecule has 4 heteroatoms. The van der Waals surface area contributed by atoms with Gasteiger partial charge in [0.25, 0.3) is 0 Å². The number of rotatable bonds is 5. The van der Waals surface area contributed by atoms with Crippen LogP contribution in [0.2, 0.25) is 0 Å². The summed E-state index contributed by atoms with van der Waals surface area (Å²) in [5.74, 6) is 0.000293. The molecular weight excluding hydrogens is 286 g/mol. The van der Waals surface area contributed by atoms with Gasteiger partial charge in [0, 0.05) is 37.9 Å². The Morgan fingerprint density at radius 3 is 2.65 bits per heavy atom. The average molecular weight is 309 g/mol. The van der Waals surface area contributed by atoms with Crippen molar-refractivity contribution in [2.24, 2.45) is 0 Å². The minimum Gasteiger partial charge on any atom is -0.352 e. The molecule has 1 aromatic heterocycles. The number of hydrogen-bond acceptors (Lipinski definition) is 3. The van der Waals surface area contributed by atoms with Gasteiger partial charge in [-0.25, -0.2) is 0 Å². The molecule has 0 saturated carbocycles. The molecule has 1 amide bonds. The van der Waals surface area contributed by atoms with E-state index >= 15 is 0 Å². The Hall–Kier alpha value is -2.20. The largest absolute Gasteiger partial charge is 0.352 e. The fraction of sp³-hybridized carbons (Fsp3) is 0.368. The van der Waals surface area contributed by atoms with Crippen LogP contribution in [-0.4, -0.2) is 10.9 Å². The first-order valence-electron chi connectivity index (χ1n) is 8.22. The lowest BCUT2D eigenvalue weighted by Crippen LogP contribution is -2.25. The molecule has 0 aliphatic heterocycles. The van der Waals surface area contributed by atoms with E-state index in [9.17, 15) is 4.79 Å². The van der Waals surface area contributed by atoms with Crippen molar-refractivity contribution in [2.75, 3.05) is 0 Å². The zero-order valence-corrected chi connectivity index (χ0v) is 13.5. The fourth-order valence-corrected chi connectivity index (χ4v) is 3.06. The number of nitrogens with zero attached hydrogens (tertiary/aromatic N) is 1. The number of carbonyl (C=O) groups excluding carboxylic acids is 1. The lowest BCUT2D eigenvalue weighted by atomic mass is 9.91. The summed E-state index contributed by atoms with van der Waals surface area (Å²) < 4.78 is 0. The molecule has 3 rings (SSSR count). The van der Waals surface area contributed by atoms with E-state index in [1.165, 1.54) is 36.6 Å². The zero-order valence-electron chi connectivity index (χ0n) is 13.5. The second-order valence-corrected chi connectivity index (χ2v) is 6.09. The maximum Gasteiger partial charge on any atom is 0.217 e. The highest BCUT2D eigenvalue weighted by molar-refractivity contribution is 5.72. The van der Waals surface area contributed by atoms with Gasteiger partial charge in [0.15, 0.2) is 0 Å². The highest BCUT2D eigenvalue weighted by Crippen LogP contribution is 2.28. The van der Waals surface area contributed by atoms with Gasteiger partial charge in [-0.05, 0) is 42.0 Å². The molecule has 4 nitrogen and oxygen atoms in total. The lowest BCUT2D eigenvalue weighted by molar-refractivity contribution is -0.119. The zero-order chi connectivity index (χ0) is 16.1. The lowest BCUT2D eigenvalue weighted by Gasteiger charge is -2.25. The quantitative estimate of drug-likeness (QED) is 0.893. The van der Waals surface area contributed by atoms with E-state index < -0.39 is 0 Å². The molecule has 2 aromatic rings. The van der Waals surface area contributed by atoms with E-state index in [2.05, 4.69) is 45.9 Å². The number of amides is 1. The maximum absolute atomic E-state index is 10.9. The molecule has 1 aliphatic carbocycles. The Morgan fingerprint density at radius 2 is 1.91 bits per heavy atom. The van der Waals surface area contributed by atoms with Crippen molar-refractivity contribution >= 4 is 5.91 Å². The van der Waals surface area contributed by atoms with Crippen molar-refractivity contribution in [1.29, 1.82) is 0 Å². The van der Waals surface area contributed by atoms with E-state index in [4.69, 9.17) is 0 Å². The van der Waals surface area contributed by atoms with E-state index in [1.807, 2.05) is 12.3 Å². The maximum atomic E-state index is 10.9. The van der Waals surface area contributed by atoms with Crippen molar-refractivity contribution in [3.8, 4) is 0 Å². The molecule has 2 N–H and O–H groups in total. The van der Waals surface area contributed by atoms with Crippen LogP contribution in [0, 0.1) is 0 Å². The number of pyridine rings is 1. The van der Waals surface area contributed by atoms with Crippen molar-refractivity contribution in [2.45, 2.75) is 45.3 Å². The van der Waals surface area contributed by atoms with Gasteiger partial charge in [0.1, 0.15) is 0 Å². The van der Waals surface area contributed by atoms with Crippen LogP contribution in [0.3, 0.4) is 0 Å². The van der Waals surface area contributed by atoms with Gasteiger partial charge < -0.3 is 10.6 Å². The standard InChI is InChI=1S/C19H23N3O/c1-14(23)21-12-15-7-9-16(10-8-15)13-22-19-6-2-5-18-17(19)4-3-11-20-18/h3-4,7-11,19,22H,2,5-6,12-13H2,1H3,(H,21,23). The predicted octanol–water partition coefficient (Wildman–Crippen LogP) is 2.88. The van der Waals surface area contributed by atoms with Crippen LogP contribution in [0.1, 0.15) is 48.2 Å². The summed E-state index contributed by atoms with van der Waals surface area (Å²) >= 11 is 0. The highest BCUT2D eigenvalue weighted by Gasteiger charge is 2.19. The van der Waals surface area contributed by atoms with E-state index in [0.29, 0.717) is 12.6 Å². The van der Waals surface area contributed by atoms with E-state index in [1.54, 1.807) is 0 Å². The average Bonchev–Trinajstić information content (AvgIpc) is 2.59. The normalized spacial score (nSPS) is 16.7. The molecule has 120 valence electrons. The molecule has 0 radical (unpaired) electrons. The first-order valence-corrected chi connectivity index (χ1v) is 8.22. The summed E-state index contributed by atoms with van der Waals surface area (Å²) in [7, 11) is 0. The Morgan fingerprint density at radius 1 is 1.17 bits per heavy atom. The topological polar surface area (TPSA) is 54.0 Å². The van der Waals surface area contributed by atoms with Gasteiger partial charge in [0.05, 0.1) is 0 Å². The van der Waals surface area contributed by atoms with Crippen LogP contribution in [0.15, 0.2) is 42.6 Å². The molecular formula is C19H23N3O. The number of benzene rings is 1. The van der Waals surface area contributed by atoms with Gasteiger partial charge in [-0.2, -0.15) is 0 Å². The molecule has 0 spiro atoms. The summed E-state index contributed by atoms with van der Waals surface area (Å²) in [4.78, 5) is 15.4. The fourth-order valence-electron chi connectivity index (χ4n) is 3.06.